The maximum atomic E-state index is 5.87. The molecule has 8 nitrogen and oxygen atoms in total. The van der Waals surface area contributed by atoms with E-state index in [-0.39, 0.29) is 0 Å². The fourth-order valence-electron chi connectivity index (χ4n) is 3.83. The molecule has 5 rings (SSSR count). The summed E-state index contributed by atoms with van der Waals surface area (Å²) in [6.07, 6.45) is 5.45. The van der Waals surface area contributed by atoms with Crippen LogP contribution in [0.1, 0.15) is 0 Å². The molecule has 8 heteroatoms. The molecule has 162 valence electrons. The normalized spacial score (nSPS) is 13.9. The van der Waals surface area contributed by atoms with Gasteiger partial charge in [0.1, 0.15) is 11.4 Å². The number of aromatic nitrogens is 5. The van der Waals surface area contributed by atoms with Crippen molar-refractivity contribution in [2.75, 3.05) is 38.3 Å². The number of nitrogens with zero attached hydrogens (tertiary/aromatic N) is 6. The first-order valence-electron chi connectivity index (χ1n) is 10.5. The summed E-state index contributed by atoms with van der Waals surface area (Å²) in [5.74, 6) is 1.30. The van der Waals surface area contributed by atoms with Gasteiger partial charge in [-0.05, 0) is 24.3 Å². The minimum Gasteiger partial charge on any atom is -0.492 e. The lowest BCUT2D eigenvalue weighted by Crippen LogP contribution is -2.37. The molecule has 4 heterocycles. The fraction of sp³-hybridized carbons (Fsp3) is 0.250. The van der Waals surface area contributed by atoms with Gasteiger partial charge < -0.3 is 14.4 Å². The highest BCUT2D eigenvalue weighted by molar-refractivity contribution is 5.80. The monoisotopic (exact) mass is 428 g/mol. The van der Waals surface area contributed by atoms with Crippen molar-refractivity contribution in [1.82, 2.24) is 24.7 Å². The van der Waals surface area contributed by atoms with Gasteiger partial charge in [0, 0.05) is 55.4 Å². The molecule has 3 aromatic heterocycles. The van der Waals surface area contributed by atoms with Crippen LogP contribution >= 0.6 is 0 Å². The van der Waals surface area contributed by atoms with Crippen LogP contribution in [0.3, 0.4) is 0 Å². The van der Waals surface area contributed by atoms with E-state index in [1.54, 1.807) is 24.2 Å². The molecule has 1 fully saturated rings. The number of hydrogen-bond donors (Lipinski definition) is 0. The first kappa shape index (κ1) is 20.1. The van der Waals surface area contributed by atoms with Gasteiger partial charge in [-0.15, -0.1) is 0 Å². The summed E-state index contributed by atoms with van der Waals surface area (Å²) in [6.45, 7) is 2.81. The molecule has 0 saturated carbocycles. The van der Waals surface area contributed by atoms with Gasteiger partial charge in [0.15, 0.2) is 5.75 Å². The number of rotatable bonds is 5. The van der Waals surface area contributed by atoms with Crippen LogP contribution in [0.25, 0.3) is 33.8 Å². The standard InChI is InChI=1S/C24H24N6O2/c1-29-11-8-20(28-29)18-4-3-5-19(16-18)22-23(31-2)21(17-6-9-25-10-7-17)26-24(27-22)30-12-14-32-15-13-30/h3-11,16H,12-15H2,1-2H3. The minimum atomic E-state index is 0.631. The third-order valence-electron chi connectivity index (χ3n) is 5.45. The Hall–Kier alpha value is -3.78. The lowest BCUT2D eigenvalue weighted by molar-refractivity contribution is 0.122. The molecule has 0 atom stereocenters. The van der Waals surface area contributed by atoms with E-state index in [2.05, 4.69) is 21.0 Å². The lowest BCUT2D eigenvalue weighted by atomic mass is 10.0. The van der Waals surface area contributed by atoms with E-state index in [1.165, 1.54) is 0 Å². The first-order chi connectivity index (χ1) is 15.7. The quantitative estimate of drug-likeness (QED) is 0.482. The highest BCUT2D eigenvalue weighted by Crippen LogP contribution is 2.38. The van der Waals surface area contributed by atoms with E-state index in [0.717, 1.165) is 46.9 Å². The second-order valence-corrected chi connectivity index (χ2v) is 7.54. The SMILES string of the molecule is COc1c(-c2ccncc2)nc(N2CCOCC2)nc1-c1cccc(-c2ccn(C)n2)c1. The summed E-state index contributed by atoms with van der Waals surface area (Å²) in [5, 5.41) is 4.54. The summed E-state index contributed by atoms with van der Waals surface area (Å²) in [5.41, 5.74) is 5.28. The molecule has 0 radical (unpaired) electrons. The lowest BCUT2D eigenvalue weighted by Gasteiger charge is -2.28. The number of morpholine rings is 1. The average molecular weight is 428 g/mol. The van der Waals surface area contributed by atoms with Crippen LogP contribution in [0, 0.1) is 0 Å². The molecule has 4 aromatic rings. The van der Waals surface area contributed by atoms with Crippen molar-refractivity contribution >= 4 is 5.95 Å². The zero-order valence-corrected chi connectivity index (χ0v) is 18.1. The van der Waals surface area contributed by atoms with Gasteiger partial charge in [-0.1, -0.05) is 18.2 Å². The van der Waals surface area contributed by atoms with E-state index in [9.17, 15) is 0 Å². The third kappa shape index (κ3) is 3.92. The molecule has 32 heavy (non-hydrogen) atoms. The molecule has 0 aliphatic carbocycles. The van der Waals surface area contributed by atoms with Crippen molar-refractivity contribution in [3.8, 4) is 39.5 Å². The van der Waals surface area contributed by atoms with Crippen molar-refractivity contribution in [2.45, 2.75) is 0 Å². The van der Waals surface area contributed by atoms with Crippen LogP contribution in [-0.2, 0) is 11.8 Å². The van der Waals surface area contributed by atoms with E-state index < -0.39 is 0 Å². The Morgan fingerprint density at radius 3 is 2.31 bits per heavy atom. The van der Waals surface area contributed by atoms with Crippen molar-refractivity contribution in [1.29, 1.82) is 0 Å². The average Bonchev–Trinajstić information content (AvgIpc) is 3.30. The van der Waals surface area contributed by atoms with Crippen molar-refractivity contribution in [2.24, 2.45) is 7.05 Å². The Morgan fingerprint density at radius 1 is 0.906 bits per heavy atom. The molecule has 1 aliphatic heterocycles. The van der Waals surface area contributed by atoms with Crippen LogP contribution in [0.5, 0.6) is 5.75 Å². The molecule has 0 unspecified atom stereocenters. The summed E-state index contributed by atoms with van der Waals surface area (Å²) in [4.78, 5) is 16.2. The molecule has 1 saturated heterocycles. The number of methoxy groups -OCH3 is 1. The second-order valence-electron chi connectivity index (χ2n) is 7.54. The van der Waals surface area contributed by atoms with Gasteiger partial charge in [-0.25, -0.2) is 9.97 Å². The number of aryl methyl sites for hydroxylation is 1. The van der Waals surface area contributed by atoms with Crippen LogP contribution in [0.2, 0.25) is 0 Å². The molecular formula is C24H24N6O2. The summed E-state index contributed by atoms with van der Waals surface area (Å²) in [6, 6.07) is 14.1. The van der Waals surface area contributed by atoms with Crippen LogP contribution in [0.15, 0.2) is 61.1 Å². The molecule has 0 amide bonds. The van der Waals surface area contributed by atoms with Gasteiger partial charge in [-0.2, -0.15) is 5.10 Å². The fourth-order valence-corrected chi connectivity index (χ4v) is 3.83. The second kappa shape index (κ2) is 8.76. The summed E-state index contributed by atoms with van der Waals surface area (Å²) in [7, 11) is 3.57. The number of benzene rings is 1. The van der Waals surface area contributed by atoms with Gasteiger partial charge in [0.25, 0.3) is 0 Å². The van der Waals surface area contributed by atoms with E-state index >= 15 is 0 Å². The van der Waals surface area contributed by atoms with Crippen molar-refractivity contribution in [3.63, 3.8) is 0 Å². The number of pyridine rings is 1. The van der Waals surface area contributed by atoms with Crippen LogP contribution < -0.4 is 9.64 Å². The van der Waals surface area contributed by atoms with Crippen molar-refractivity contribution < 1.29 is 9.47 Å². The summed E-state index contributed by atoms with van der Waals surface area (Å²) < 4.78 is 13.2. The number of hydrogen-bond acceptors (Lipinski definition) is 7. The Morgan fingerprint density at radius 2 is 1.62 bits per heavy atom. The van der Waals surface area contributed by atoms with E-state index in [1.807, 2.05) is 49.6 Å². The Bertz CT molecular complexity index is 1220. The van der Waals surface area contributed by atoms with Crippen LogP contribution in [-0.4, -0.2) is 58.1 Å². The molecular weight excluding hydrogens is 404 g/mol. The van der Waals surface area contributed by atoms with Crippen LogP contribution in [0.4, 0.5) is 5.95 Å². The predicted octanol–water partition coefficient (Wildman–Crippen LogP) is 3.45. The third-order valence-corrected chi connectivity index (χ3v) is 5.45. The summed E-state index contributed by atoms with van der Waals surface area (Å²) >= 11 is 0. The smallest absolute Gasteiger partial charge is 0.226 e. The minimum absolute atomic E-state index is 0.631. The topological polar surface area (TPSA) is 78.2 Å². The largest absolute Gasteiger partial charge is 0.492 e. The van der Waals surface area contributed by atoms with Gasteiger partial charge in [0.2, 0.25) is 5.95 Å². The van der Waals surface area contributed by atoms with Gasteiger partial charge in [0.05, 0.1) is 26.0 Å². The zero-order chi connectivity index (χ0) is 21.9. The zero-order valence-electron chi connectivity index (χ0n) is 18.1. The number of anilines is 1. The molecule has 1 aliphatic rings. The molecule has 0 spiro atoms. The maximum Gasteiger partial charge on any atom is 0.226 e. The Balaban J connectivity index is 1.68. The molecule has 0 bridgehead atoms. The molecule has 0 N–H and O–H groups in total. The van der Waals surface area contributed by atoms with Gasteiger partial charge >= 0.3 is 0 Å². The highest BCUT2D eigenvalue weighted by atomic mass is 16.5. The highest BCUT2D eigenvalue weighted by Gasteiger charge is 2.22. The number of ether oxygens (including phenoxy) is 2. The van der Waals surface area contributed by atoms with E-state index in [4.69, 9.17) is 19.4 Å². The Labute approximate surface area is 186 Å². The van der Waals surface area contributed by atoms with Gasteiger partial charge in [-0.3, -0.25) is 9.67 Å². The molecule has 1 aromatic carbocycles. The maximum absolute atomic E-state index is 5.87. The first-order valence-corrected chi connectivity index (χ1v) is 10.5. The predicted molar refractivity (Wildman–Crippen MR) is 122 cm³/mol. The Kier molecular flexibility index (Phi) is 5.51. The van der Waals surface area contributed by atoms with E-state index in [0.29, 0.717) is 24.9 Å². The van der Waals surface area contributed by atoms with Crippen molar-refractivity contribution in [3.05, 3.63) is 61.1 Å².